The predicted octanol–water partition coefficient (Wildman–Crippen LogP) is 2.57. The Kier molecular flexibility index (Phi) is 4.72. The quantitative estimate of drug-likeness (QED) is 0.844. The molecule has 1 aromatic heterocycles. The smallest absolute Gasteiger partial charge is 0.322 e. The third kappa shape index (κ3) is 3.77. The molecule has 2 fully saturated rings. The number of carbonyl (C=O) groups is 1. The molecule has 1 spiro atoms. The maximum Gasteiger partial charge on any atom is 0.322 e. The average molecular weight is 348 g/mol. The van der Waals surface area contributed by atoms with Gasteiger partial charge in [-0.05, 0) is 13.8 Å². The van der Waals surface area contributed by atoms with E-state index in [1.165, 1.54) is 0 Å². The van der Waals surface area contributed by atoms with Crippen molar-refractivity contribution in [3.8, 4) is 0 Å². The van der Waals surface area contributed by atoms with Gasteiger partial charge in [-0.3, -0.25) is 0 Å². The first-order valence-corrected chi connectivity index (χ1v) is 8.87. The minimum Gasteiger partial charge on any atom is -0.375 e. The number of hydrogen-bond acceptors (Lipinski definition) is 5. The molecule has 7 heteroatoms. The van der Waals surface area contributed by atoms with Gasteiger partial charge < -0.3 is 19.7 Å². The second-order valence-electron chi connectivity index (χ2n) is 8.11. The van der Waals surface area contributed by atoms with E-state index in [1.54, 1.807) is 17.3 Å². The number of nitrogens with zero attached hydrogens (tertiary/aromatic N) is 3. The summed E-state index contributed by atoms with van der Waals surface area (Å²) in [5.41, 5.74) is 0.0799. The van der Waals surface area contributed by atoms with E-state index >= 15 is 0 Å². The van der Waals surface area contributed by atoms with Gasteiger partial charge in [-0.25, -0.2) is 14.8 Å². The number of morpholine rings is 1. The molecule has 0 aromatic carbocycles. The Bertz CT molecular complexity index is 628. The van der Waals surface area contributed by atoms with E-state index in [1.807, 2.05) is 13.8 Å². The van der Waals surface area contributed by atoms with Crippen molar-refractivity contribution in [3.63, 3.8) is 0 Å². The fraction of sp³-hybridized carbons (Fsp3) is 0.722. The third-order valence-electron chi connectivity index (χ3n) is 4.87. The SMILES string of the molecule is C[C@@H]1CN(C(=O)Nc2cnc(C(C)(C)C)nc2)C[C@]2(CCO[C@@H]2C)O1. The molecule has 25 heavy (non-hydrogen) atoms. The number of rotatable bonds is 1. The lowest BCUT2D eigenvalue weighted by Crippen LogP contribution is -2.60. The molecule has 138 valence electrons. The molecular weight excluding hydrogens is 320 g/mol. The molecular formula is C18H28N4O3. The first-order chi connectivity index (χ1) is 11.7. The zero-order valence-corrected chi connectivity index (χ0v) is 15.7. The van der Waals surface area contributed by atoms with Crippen LogP contribution in [0.1, 0.15) is 46.9 Å². The van der Waals surface area contributed by atoms with E-state index in [2.05, 4.69) is 36.1 Å². The summed E-state index contributed by atoms with van der Waals surface area (Å²) in [4.78, 5) is 23.2. The zero-order chi connectivity index (χ0) is 18.2. The Hall–Kier alpha value is -1.73. The molecule has 2 aliphatic heterocycles. The van der Waals surface area contributed by atoms with Gasteiger partial charge in [-0.1, -0.05) is 20.8 Å². The lowest BCUT2D eigenvalue weighted by molar-refractivity contribution is -0.159. The topological polar surface area (TPSA) is 76.6 Å². The van der Waals surface area contributed by atoms with Crippen molar-refractivity contribution >= 4 is 11.7 Å². The summed E-state index contributed by atoms with van der Waals surface area (Å²) in [5.74, 6) is 0.751. The van der Waals surface area contributed by atoms with Crippen molar-refractivity contribution in [1.82, 2.24) is 14.9 Å². The Balaban J connectivity index is 1.68. The molecule has 1 N–H and O–H groups in total. The van der Waals surface area contributed by atoms with E-state index in [0.29, 0.717) is 25.4 Å². The Labute approximate surface area is 149 Å². The highest BCUT2D eigenvalue weighted by Crippen LogP contribution is 2.35. The minimum absolute atomic E-state index is 0.0139. The highest BCUT2D eigenvalue weighted by atomic mass is 16.6. The third-order valence-corrected chi connectivity index (χ3v) is 4.87. The summed E-state index contributed by atoms with van der Waals surface area (Å²) >= 11 is 0. The van der Waals surface area contributed by atoms with Gasteiger partial charge in [0.05, 0.1) is 36.8 Å². The van der Waals surface area contributed by atoms with Gasteiger partial charge in [0.1, 0.15) is 11.4 Å². The fourth-order valence-electron chi connectivity index (χ4n) is 3.44. The van der Waals surface area contributed by atoms with Crippen LogP contribution in [-0.4, -0.2) is 58.4 Å². The van der Waals surface area contributed by atoms with E-state index in [0.717, 1.165) is 12.2 Å². The molecule has 2 amide bonds. The highest BCUT2D eigenvalue weighted by Gasteiger charge is 2.48. The summed E-state index contributed by atoms with van der Waals surface area (Å²) in [5, 5.41) is 2.90. The van der Waals surface area contributed by atoms with Crippen LogP contribution in [0.3, 0.4) is 0 Å². The van der Waals surface area contributed by atoms with Crippen LogP contribution in [0, 0.1) is 0 Å². The number of anilines is 1. The van der Waals surface area contributed by atoms with Crippen molar-refractivity contribution in [2.75, 3.05) is 25.0 Å². The van der Waals surface area contributed by atoms with Crippen molar-refractivity contribution in [3.05, 3.63) is 18.2 Å². The molecule has 2 saturated heterocycles. The van der Waals surface area contributed by atoms with Crippen LogP contribution in [0.4, 0.5) is 10.5 Å². The van der Waals surface area contributed by atoms with Crippen LogP contribution >= 0.6 is 0 Å². The van der Waals surface area contributed by atoms with E-state index in [4.69, 9.17) is 9.47 Å². The van der Waals surface area contributed by atoms with Gasteiger partial charge in [-0.15, -0.1) is 0 Å². The van der Waals surface area contributed by atoms with Crippen LogP contribution in [0.15, 0.2) is 12.4 Å². The van der Waals surface area contributed by atoms with E-state index < -0.39 is 5.60 Å². The Morgan fingerprint density at radius 1 is 1.32 bits per heavy atom. The maximum atomic E-state index is 12.7. The van der Waals surface area contributed by atoms with Crippen molar-refractivity contribution in [2.24, 2.45) is 0 Å². The molecule has 3 atom stereocenters. The number of hydrogen-bond donors (Lipinski definition) is 1. The largest absolute Gasteiger partial charge is 0.375 e. The monoisotopic (exact) mass is 348 g/mol. The van der Waals surface area contributed by atoms with Gasteiger partial charge in [0.25, 0.3) is 0 Å². The summed E-state index contributed by atoms with van der Waals surface area (Å²) in [7, 11) is 0. The number of carbonyl (C=O) groups excluding carboxylic acids is 1. The number of amides is 2. The van der Waals surface area contributed by atoms with Crippen molar-refractivity contribution in [2.45, 2.75) is 64.3 Å². The predicted molar refractivity (Wildman–Crippen MR) is 94.6 cm³/mol. The molecule has 0 unspecified atom stereocenters. The van der Waals surface area contributed by atoms with Crippen LogP contribution in [0.2, 0.25) is 0 Å². The van der Waals surface area contributed by atoms with E-state index in [9.17, 15) is 4.79 Å². The number of urea groups is 1. The first kappa shape index (κ1) is 18.1. The number of nitrogens with one attached hydrogen (secondary N) is 1. The number of ether oxygens (including phenoxy) is 2. The Morgan fingerprint density at radius 2 is 2.00 bits per heavy atom. The molecule has 0 saturated carbocycles. The lowest BCUT2D eigenvalue weighted by Gasteiger charge is -2.44. The molecule has 7 nitrogen and oxygen atoms in total. The summed E-state index contributed by atoms with van der Waals surface area (Å²) in [6.07, 6.45) is 4.09. The summed E-state index contributed by atoms with van der Waals surface area (Å²) in [6, 6.07) is -0.152. The first-order valence-electron chi connectivity index (χ1n) is 8.87. The van der Waals surface area contributed by atoms with Gasteiger partial charge >= 0.3 is 6.03 Å². The lowest BCUT2D eigenvalue weighted by atomic mass is 9.93. The zero-order valence-electron chi connectivity index (χ0n) is 15.7. The van der Waals surface area contributed by atoms with Gasteiger partial charge in [0.15, 0.2) is 0 Å². The molecule has 3 rings (SSSR count). The van der Waals surface area contributed by atoms with Crippen LogP contribution in [0.25, 0.3) is 0 Å². The second-order valence-corrected chi connectivity index (χ2v) is 8.11. The van der Waals surface area contributed by atoms with Crippen molar-refractivity contribution < 1.29 is 14.3 Å². The van der Waals surface area contributed by atoms with Gasteiger partial charge in [0.2, 0.25) is 0 Å². The molecule has 2 aliphatic rings. The number of aromatic nitrogens is 2. The molecule has 3 heterocycles. The second kappa shape index (κ2) is 6.53. The standard InChI is InChI=1S/C18H28N4O3/c1-12-10-22(11-18(25-12)6-7-24-13(18)2)16(23)21-14-8-19-15(20-9-14)17(3,4)5/h8-9,12-13H,6-7,10-11H2,1-5H3,(H,21,23)/t12-,13-,18+/m1/s1. The van der Waals surface area contributed by atoms with Crippen molar-refractivity contribution in [1.29, 1.82) is 0 Å². The molecule has 0 radical (unpaired) electrons. The molecule has 0 aliphatic carbocycles. The van der Waals surface area contributed by atoms with Crippen LogP contribution in [0.5, 0.6) is 0 Å². The minimum atomic E-state index is -0.401. The van der Waals surface area contributed by atoms with Crippen LogP contribution in [-0.2, 0) is 14.9 Å². The highest BCUT2D eigenvalue weighted by molar-refractivity contribution is 5.89. The summed E-state index contributed by atoms with van der Waals surface area (Å²) in [6.45, 7) is 11.9. The maximum absolute atomic E-state index is 12.7. The van der Waals surface area contributed by atoms with Gasteiger partial charge in [0, 0.05) is 25.0 Å². The fourth-order valence-corrected chi connectivity index (χ4v) is 3.44. The molecule has 1 aromatic rings. The van der Waals surface area contributed by atoms with E-state index in [-0.39, 0.29) is 23.7 Å². The van der Waals surface area contributed by atoms with Crippen LogP contribution < -0.4 is 5.32 Å². The average Bonchev–Trinajstić information content (AvgIpc) is 2.86. The Morgan fingerprint density at radius 3 is 2.56 bits per heavy atom. The molecule has 0 bridgehead atoms. The van der Waals surface area contributed by atoms with Gasteiger partial charge in [-0.2, -0.15) is 0 Å². The normalized spacial score (nSPS) is 29.9. The summed E-state index contributed by atoms with van der Waals surface area (Å²) < 4.78 is 11.8.